The van der Waals surface area contributed by atoms with E-state index in [9.17, 15) is 13.6 Å². The van der Waals surface area contributed by atoms with Gasteiger partial charge < -0.3 is 14.4 Å². The summed E-state index contributed by atoms with van der Waals surface area (Å²) in [6.45, 7) is -0.0114. The molecule has 0 spiro atoms. The van der Waals surface area contributed by atoms with Gasteiger partial charge in [-0.15, -0.1) is 0 Å². The fraction of sp³-hybridized carbons (Fsp3) is 0.333. The van der Waals surface area contributed by atoms with Crippen molar-refractivity contribution < 1.29 is 23.0 Å². The lowest BCUT2D eigenvalue weighted by atomic mass is 10.0. The van der Waals surface area contributed by atoms with E-state index in [0.29, 0.717) is 6.61 Å². The Kier molecular flexibility index (Phi) is 6.99. The van der Waals surface area contributed by atoms with Gasteiger partial charge in [0.1, 0.15) is 0 Å². The largest absolute Gasteiger partial charge is 0.490 e. The fourth-order valence-electron chi connectivity index (χ4n) is 3.28. The maximum Gasteiger partial charge on any atom is 0.387 e. The first-order valence-electron chi connectivity index (χ1n) is 9.44. The summed E-state index contributed by atoms with van der Waals surface area (Å²) in [5.41, 5.74) is 4.99. The molecule has 6 nitrogen and oxygen atoms in total. The summed E-state index contributed by atoms with van der Waals surface area (Å²) in [6.07, 6.45) is 3.24. The molecule has 3 rings (SSSR count). The van der Waals surface area contributed by atoms with E-state index in [1.807, 2.05) is 23.1 Å². The Morgan fingerprint density at radius 1 is 1.28 bits per heavy atom. The zero-order valence-electron chi connectivity index (χ0n) is 16.1. The van der Waals surface area contributed by atoms with E-state index in [1.165, 1.54) is 17.8 Å². The molecule has 2 aromatic carbocycles. The molecule has 0 aliphatic carbocycles. The fourth-order valence-corrected chi connectivity index (χ4v) is 3.28. The molecule has 1 aliphatic rings. The normalized spacial score (nSPS) is 13.4. The summed E-state index contributed by atoms with van der Waals surface area (Å²) in [6, 6.07) is 12.7. The number of aryl methyl sites for hydroxylation is 1. The van der Waals surface area contributed by atoms with Crippen LogP contribution in [0.25, 0.3) is 0 Å². The molecule has 0 saturated heterocycles. The maximum absolute atomic E-state index is 12.8. The minimum absolute atomic E-state index is 0.118. The van der Waals surface area contributed by atoms with Crippen molar-refractivity contribution >= 4 is 17.8 Å². The van der Waals surface area contributed by atoms with Crippen LogP contribution in [0.3, 0.4) is 0 Å². The minimum atomic E-state index is -3.00. The zero-order valence-corrected chi connectivity index (χ0v) is 16.1. The summed E-state index contributed by atoms with van der Waals surface area (Å²) in [5.74, 6) is -0.226. The second-order valence-corrected chi connectivity index (χ2v) is 6.43. The van der Waals surface area contributed by atoms with E-state index in [1.54, 1.807) is 19.1 Å². The van der Waals surface area contributed by atoms with Crippen LogP contribution in [-0.2, 0) is 11.2 Å². The van der Waals surface area contributed by atoms with Gasteiger partial charge in [-0.1, -0.05) is 24.3 Å². The lowest BCUT2D eigenvalue weighted by Crippen LogP contribution is -2.38. The van der Waals surface area contributed by atoms with Crippen LogP contribution < -0.4 is 19.8 Å². The molecule has 29 heavy (non-hydrogen) atoms. The number of para-hydroxylation sites is 2. The van der Waals surface area contributed by atoms with Gasteiger partial charge in [0.2, 0.25) is 0 Å². The number of amides is 1. The Balaban J connectivity index is 1.66. The van der Waals surface area contributed by atoms with E-state index < -0.39 is 6.61 Å². The standard InChI is InChI=1S/C21H23F2N3O3/c1-2-28-18-11-5-8-16(20(18)29-21(22)23)13-24-25-19(27)14-26-12-6-9-15-7-3-4-10-17(15)26/h3-5,7-8,10-11,13,21H,2,6,9,12,14H2,1H3,(H,25,27)/b24-13-. The number of anilines is 1. The van der Waals surface area contributed by atoms with Crippen LogP contribution in [-0.4, -0.2) is 38.4 Å². The first-order chi connectivity index (χ1) is 14.1. The van der Waals surface area contributed by atoms with Crippen molar-refractivity contribution in [3.63, 3.8) is 0 Å². The van der Waals surface area contributed by atoms with Crippen molar-refractivity contribution in [3.8, 4) is 11.5 Å². The highest BCUT2D eigenvalue weighted by Crippen LogP contribution is 2.32. The molecular formula is C21H23F2N3O3. The molecule has 1 aliphatic heterocycles. The minimum Gasteiger partial charge on any atom is -0.490 e. The number of hydrazone groups is 1. The number of carbonyl (C=O) groups excluding carboxylic acids is 1. The van der Waals surface area contributed by atoms with Gasteiger partial charge in [0.15, 0.2) is 11.5 Å². The highest BCUT2D eigenvalue weighted by Gasteiger charge is 2.18. The molecule has 1 N–H and O–H groups in total. The van der Waals surface area contributed by atoms with Crippen molar-refractivity contribution in [2.24, 2.45) is 5.10 Å². The summed E-state index contributed by atoms with van der Waals surface area (Å²) < 4.78 is 35.4. The highest BCUT2D eigenvalue weighted by molar-refractivity contribution is 5.87. The van der Waals surface area contributed by atoms with Crippen LogP contribution in [0, 0.1) is 0 Å². The molecule has 0 aromatic heterocycles. The topological polar surface area (TPSA) is 63.2 Å². The molecule has 0 bridgehead atoms. The molecule has 0 unspecified atom stereocenters. The molecule has 154 valence electrons. The van der Waals surface area contributed by atoms with Gasteiger partial charge in [0.05, 0.1) is 19.4 Å². The molecule has 1 amide bonds. The van der Waals surface area contributed by atoms with Crippen LogP contribution >= 0.6 is 0 Å². The first-order valence-corrected chi connectivity index (χ1v) is 9.44. The SMILES string of the molecule is CCOc1cccc(/C=N\NC(=O)CN2CCCc3ccccc32)c1OC(F)F. The van der Waals surface area contributed by atoms with E-state index in [0.717, 1.165) is 25.1 Å². The average Bonchev–Trinajstić information content (AvgIpc) is 2.70. The molecule has 0 radical (unpaired) electrons. The predicted octanol–water partition coefficient (Wildman–Crippen LogP) is 3.59. The van der Waals surface area contributed by atoms with Crippen LogP contribution in [0.5, 0.6) is 11.5 Å². The van der Waals surface area contributed by atoms with E-state index in [4.69, 9.17) is 4.74 Å². The Hall–Kier alpha value is -3.16. The van der Waals surface area contributed by atoms with Gasteiger partial charge in [0.25, 0.3) is 5.91 Å². The molecule has 1 heterocycles. The van der Waals surface area contributed by atoms with Crippen molar-refractivity contribution in [2.45, 2.75) is 26.4 Å². The number of nitrogens with one attached hydrogen (secondary N) is 1. The third kappa shape index (κ3) is 5.43. The number of hydrogen-bond acceptors (Lipinski definition) is 5. The first kappa shape index (κ1) is 20.6. The molecule has 0 saturated carbocycles. The number of rotatable bonds is 8. The number of halogens is 2. The smallest absolute Gasteiger partial charge is 0.387 e. The number of hydrogen-bond donors (Lipinski definition) is 1. The zero-order chi connectivity index (χ0) is 20.6. The van der Waals surface area contributed by atoms with Crippen molar-refractivity contribution in [1.29, 1.82) is 0 Å². The van der Waals surface area contributed by atoms with Crippen LogP contribution in [0.4, 0.5) is 14.5 Å². The van der Waals surface area contributed by atoms with Crippen LogP contribution in [0.1, 0.15) is 24.5 Å². The molecular weight excluding hydrogens is 380 g/mol. The summed E-state index contributed by atoms with van der Waals surface area (Å²) in [4.78, 5) is 14.3. The molecule has 2 aromatic rings. The number of nitrogens with zero attached hydrogens (tertiary/aromatic N) is 2. The number of alkyl halides is 2. The second-order valence-electron chi connectivity index (χ2n) is 6.43. The number of benzene rings is 2. The molecule has 8 heteroatoms. The average molecular weight is 403 g/mol. The predicted molar refractivity (Wildman–Crippen MR) is 107 cm³/mol. The second kappa shape index (κ2) is 9.86. The lowest BCUT2D eigenvalue weighted by Gasteiger charge is -2.30. The van der Waals surface area contributed by atoms with Crippen LogP contribution in [0.2, 0.25) is 0 Å². The third-order valence-electron chi connectivity index (χ3n) is 4.45. The van der Waals surface area contributed by atoms with E-state index in [-0.39, 0.29) is 29.5 Å². The van der Waals surface area contributed by atoms with Crippen LogP contribution in [0.15, 0.2) is 47.6 Å². The Labute approximate surface area is 168 Å². The van der Waals surface area contributed by atoms with Gasteiger partial charge in [0, 0.05) is 17.8 Å². The lowest BCUT2D eigenvalue weighted by molar-refractivity contribution is -0.119. The van der Waals surface area contributed by atoms with Gasteiger partial charge in [-0.2, -0.15) is 13.9 Å². The summed E-state index contributed by atoms with van der Waals surface area (Å²) in [7, 11) is 0. The van der Waals surface area contributed by atoms with Crippen molar-refractivity contribution in [3.05, 3.63) is 53.6 Å². The highest BCUT2D eigenvalue weighted by atomic mass is 19.3. The van der Waals surface area contributed by atoms with Gasteiger partial charge in [-0.3, -0.25) is 4.79 Å². The number of carbonyl (C=O) groups is 1. The maximum atomic E-state index is 12.8. The summed E-state index contributed by atoms with van der Waals surface area (Å²) >= 11 is 0. The summed E-state index contributed by atoms with van der Waals surface area (Å²) in [5, 5.41) is 3.90. The monoisotopic (exact) mass is 403 g/mol. The van der Waals surface area contributed by atoms with Gasteiger partial charge >= 0.3 is 6.61 Å². The Bertz CT molecular complexity index is 874. The van der Waals surface area contributed by atoms with Crippen molar-refractivity contribution in [2.75, 3.05) is 24.6 Å². The quantitative estimate of drug-likeness (QED) is 0.541. The Morgan fingerprint density at radius 3 is 2.90 bits per heavy atom. The van der Waals surface area contributed by atoms with E-state index in [2.05, 4.69) is 21.3 Å². The van der Waals surface area contributed by atoms with Crippen molar-refractivity contribution in [1.82, 2.24) is 5.43 Å². The van der Waals surface area contributed by atoms with Gasteiger partial charge in [-0.05, 0) is 43.5 Å². The molecule has 0 fully saturated rings. The van der Waals surface area contributed by atoms with Gasteiger partial charge in [-0.25, -0.2) is 5.43 Å². The number of fused-ring (bicyclic) bond motifs is 1. The third-order valence-corrected chi connectivity index (χ3v) is 4.45. The van der Waals surface area contributed by atoms with E-state index >= 15 is 0 Å². The molecule has 0 atom stereocenters. The number of ether oxygens (including phenoxy) is 2. The Morgan fingerprint density at radius 2 is 2.10 bits per heavy atom.